The maximum Gasteiger partial charge on any atom is 0.0587 e. The van der Waals surface area contributed by atoms with E-state index in [4.69, 9.17) is 5.26 Å². The van der Waals surface area contributed by atoms with Gasteiger partial charge in [0, 0.05) is 6.92 Å². The summed E-state index contributed by atoms with van der Waals surface area (Å²) < 4.78 is 0. The van der Waals surface area contributed by atoms with Gasteiger partial charge in [-0.3, -0.25) is 0 Å². The van der Waals surface area contributed by atoms with Gasteiger partial charge < -0.3 is 4.90 Å². The van der Waals surface area contributed by atoms with Crippen molar-refractivity contribution in [3.05, 3.63) is 0 Å². The van der Waals surface area contributed by atoms with Crippen molar-refractivity contribution in [2.45, 2.75) is 34.1 Å². The average molecular weight is 158 g/mol. The Kier molecular flexibility index (Phi) is 34.7. The normalized spacial score (nSPS) is 6.73. The van der Waals surface area contributed by atoms with Crippen LogP contribution in [0, 0.1) is 11.3 Å². The van der Waals surface area contributed by atoms with Gasteiger partial charge in [0.05, 0.1) is 6.07 Å². The second kappa shape index (κ2) is 22.7. The molecule has 0 radical (unpaired) electrons. The molecule has 11 heavy (non-hydrogen) atoms. The van der Waals surface area contributed by atoms with E-state index in [1.165, 1.54) is 19.9 Å². The van der Waals surface area contributed by atoms with E-state index in [9.17, 15) is 0 Å². The van der Waals surface area contributed by atoms with Gasteiger partial charge in [-0.1, -0.05) is 20.8 Å². The molecule has 0 aromatic rings. The third-order valence-electron chi connectivity index (χ3n) is 0.671. The molecule has 0 atom stereocenters. The Hall–Kier alpha value is -0.550. The number of rotatable bonds is 2. The highest BCUT2D eigenvalue weighted by molar-refractivity contribution is 4.51. The molecule has 0 aromatic carbocycles. The first-order valence-corrected chi connectivity index (χ1v) is 4.14. The van der Waals surface area contributed by atoms with Crippen LogP contribution < -0.4 is 0 Å². The molecule has 0 heterocycles. The van der Waals surface area contributed by atoms with Crippen molar-refractivity contribution in [1.82, 2.24) is 4.90 Å². The van der Waals surface area contributed by atoms with E-state index >= 15 is 0 Å². The number of nitriles is 1. The molecule has 2 nitrogen and oxygen atoms in total. The average Bonchev–Trinajstić information content (AvgIpc) is 1.93. The van der Waals surface area contributed by atoms with E-state index in [0.717, 1.165) is 0 Å². The molecule has 2 heteroatoms. The fourth-order valence-corrected chi connectivity index (χ4v) is 0.447. The molecule has 0 spiro atoms. The van der Waals surface area contributed by atoms with E-state index in [-0.39, 0.29) is 0 Å². The molecule has 68 valence electrons. The summed E-state index contributed by atoms with van der Waals surface area (Å²) in [5.41, 5.74) is 0. The Labute approximate surface area is 71.8 Å². The summed E-state index contributed by atoms with van der Waals surface area (Å²) in [6.07, 6.45) is 1.26. The van der Waals surface area contributed by atoms with Crippen molar-refractivity contribution in [3.63, 3.8) is 0 Å². The van der Waals surface area contributed by atoms with Crippen LogP contribution in [0.15, 0.2) is 0 Å². The third-order valence-corrected chi connectivity index (χ3v) is 0.671. The van der Waals surface area contributed by atoms with Crippen molar-refractivity contribution in [2.75, 3.05) is 20.6 Å². The van der Waals surface area contributed by atoms with Gasteiger partial charge in [-0.25, -0.2) is 0 Å². The molecule has 0 amide bonds. The summed E-state index contributed by atoms with van der Waals surface area (Å²) in [7, 11) is 4.17. The minimum Gasteiger partial charge on any atom is -0.309 e. The van der Waals surface area contributed by atoms with Crippen molar-refractivity contribution < 1.29 is 0 Å². The van der Waals surface area contributed by atoms with Crippen LogP contribution in [0.4, 0.5) is 0 Å². The Morgan fingerprint density at radius 3 is 1.55 bits per heavy atom. The summed E-state index contributed by atoms with van der Waals surface area (Å²) in [6.45, 7) is 8.82. The lowest BCUT2D eigenvalue weighted by atomic mass is 10.5. The molecule has 0 saturated heterocycles. The number of hydrogen-bond donors (Lipinski definition) is 0. The Balaban J connectivity index is -0.000000109. The highest BCUT2D eigenvalue weighted by Gasteiger charge is 1.79. The zero-order chi connectivity index (χ0) is 9.70. The Bertz CT molecular complexity index is 72.1. The zero-order valence-electron chi connectivity index (χ0n) is 8.81. The smallest absolute Gasteiger partial charge is 0.0587 e. The van der Waals surface area contributed by atoms with Crippen LogP contribution in [0.5, 0.6) is 0 Å². The van der Waals surface area contributed by atoms with Gasteiger partial charge >= 0.3 is 0 Å². The first kappa shape index (κ1) is 16.8. The molecular weight excluding hydrogens is 136 g/mol. The SMILES string of the molecule is CC.CC#N.CCCN(C)C. The fourth-order valence-electron chi connectivity index (χ4n) is 0.447. The first-order valence-electron chi connectivity index (χ1n) is 4.14. The minimum atomic E-state index is 1.21. The Morgan fingerprint density at radius 2 is 1.55 bits per heavy atom. The second-order valence-corrected chi connectivity index (χ2v) is 2.03. The highest BCUT2D eigenvalue weighted by Crippen LogP contribution is 1.76. The molecule has 0 aliphatic carbocycles. The summed E-state index contributed by atoms with van der Waals surface area (Å²) in [5, 5.41) is 7.32. The van der Waals surface area contributed by atoms with Gasteiger partial charge in [0.25, 0.3) is 0 Å². The molecular formula is C9H22N2. The molecule has 0 unspecified atom stereocenters. The maximum atomic E-state index is 7.32. The van der Waals surface area contributed by atoms with Crippen molar-refractivity contribution in [2.24, 2.45) is 0 Å². The topological polar surface area (TPSA) is 27.0 Å². The minimum absolute atomic E-state index is 1.21. The van der Waals surface area contributed by atoms with Gasteiger partial charge in [-0.15, -0.1) is 0 Å². The summed E-state index contributed by atoms with van der Waals surface area (Å²) in [6, 6.07) is 1.75. The van der Waals surface area contributed by atoms with E-state index in [0.29, 0.717) is 0 Å². The number of nitrogens with zero attached hydrogens (tertiary/aromatic N) is 2. The molecule has 0 aliphatic heterocycles. The standard InChI is InChI=1S/C5H13N.C2H3N.C2H6/c1-4-5-6(2)3;1-2-3;1-2/h4-5H2,1-3H3;1H3;1-2H3. The quantitative estimate of drug-likeness (QED) is 0.617. The molecule has 0 aromatic heterocycles. The van der Waals surface area contributed by atoms with Crippen LogP contribution in [0.2, 0.25) is 0 Å². The molecule has 0 aliphatic rings. The van der Waals surface area contributed by atoms with Crippen LogP contribution in [0.1, 0.15) is 34.1 Å². The van der Waals surface area contributed by atoms with Crippen LogP contribution in [0.25, 0.3) is 0 Å². The first-order chi connectivity index (χ1) is 5.18. The largest absolute Gasteiger partial charge is 0.309 e. The fraction of sp³-hybridized carbons (Fsp3) is 0.889. The summed E-state index contributed by atoms with van der Waals surface area (Å²) >= 11 is 0. The van der Waals surface area contributed by atoms with Crippen LogP contribution in [0.3, 0.4) is 0 Å². The molecule has 0 rings (SSSR count). The third kappa shape index (κ3) is 87.4. The molecule has 0 bridgehead atoms. The van der Waals surface area contributed by atoms with E-state index in [2.05, 4.69) is 25.9 Å². The van der Waals surface area contributed by atoms with Crippen LogP contribution in [-0.4, -0.2) is 25.5 Å². The van der Waals surface area contributed by atoms with Gasteiger partial charge in [0.1, 0.15) is 0 Å². The van der Waals surface area contributed by atoms with Crippen molar-refractivity contribution >= 4 is 0 Å². The molecule has 0 saturated carbocycles. The number of hydrogen-bond acceptors (Lipinski definition) is 2. The lowest BCUT2D eigenvalue weighted by Crippen LogP contribution is -2.11. The predicted octanol–water partition coefficient (Wildman–Crippen LogP) is 2.51. The van der Waals surface area contributed by atoms with Crippen LogP contribution in [-0.2, 0) is 0 Å². The second-order valence-electron chi connectivity index (χ2n) is 2.03. The lowest BCUT2D eigenvalue weighted by molar-refractivity contribution is 0.408. The van der Waals surface area contributed by atoms with E-state index in [1.807, 2.05) is 13.8 Å². The van der Waals surface area contributed by atoms with Gasteiger partial charge in [0.15, 0.2) is 0 Å². The van der Waals surface area contributed by atoms with Gasteiger partial charge in [0.2, 0.25) is 0 Å². The van der Waals surface area contributed by atoms with Crippen molar-refractivity contribution in [1.29, 1.82) is 5.26 Å². The molecule has 0 N–H and O–H groups in total. The van der Waals surface area contributed by atoms with E-state index in [1.54, 1.807) is 6.07 Å². The van der Waals surface area contributed by atoms with E-state index < -0.39 is 0 Å². The van der Waals surface area contributed by atoms with Gasteiger partial charge in [-0.2, -0.15) is 5.26 Å². The molecule has 0 fully saturated rings. The zero-order valence-corrected chi connectivity index (χ0v) is 8.81. The van der Waals surface area contributed by atoms with Crippen molar-refractivity contribution in [3.8, 4) is 6.07 Å². The highest BCUT2D eigenvalue weighted by atomic mass is 15.0. The monoisotopic (exact) mass is 158 g/mol. The van der Waals surface area contributed by atoms with Gasteiger partial charge in [-0.05, 0) is 27.1 Å². The Morgan fingerprint density at radius 1 is 1.27 bits per heavy atom. The van der Waals surface area contributed by atoms with Crippen LogP contribution >= 0.6 is 0 Å². The predicted molar refractivity (Wildman–Crippen MR) is 51.5 cm³/mol. The maximum absolute atomic E-state index is 7.32. The summed E-state index contributed by atoms with van der Waals surface area (Å²) in [5.74, 6) is 0. The lowest BCUT2D eigenvalue weighted by Gasteiger charge is -2.03. The summed E-state index contributed by atoms with van der Waals surface area (Å²) in [4.78, 5) is 2.18.